The number of hydrogen-bond acceptors (Lipinski definition) is 5. The molecule has 0 spiro atoms. The lowest BCUT2D eigenvalue weighted by Gasteiger charge is -2.29. The van der Waals surface area contributed by atoms with E-state index in [9.17, 15) is 14.9 Å². The quantitative estimate of drug-likeness (QED) is 0.157. The molecule has 1 aliphatic rings. The third-order valence-electron chi connectivity index (χ3n) is 6.53. The van der Waals surface area contributed by atoms with Crippen molar-refractivity contribution in [1.82, 2.24) is 14.9 Å². The molecule has 5 rings (SSSR count). The fourth-order valence-electron chi connectivity index (χ4n) is 4.57. The van der Waals surface area contributed by atoms with E-state index in [1.54, 1.807) is 30.5 Å². The Morgan fingerprint density at radius 2 is 1.85 bits per heavy atom. The molecule has 2 N–H and O–H groups in total. The van der Waals surface area contributed by atoms with Gasteiger partial charge in [-0.15, -0.1) is 0 Å². The third kappa shape index (κ3) is 5.21. The van der Waals surface area contributed by atoms with Crippen molar-refractivity contribution in [2.24, 2.45) is 5.92 Å². The van der Waals surface area contributed by atoms with Gasteiger partial charge in [-0.05, 0) is 66.8 Å². The van der Waals surface area contributed by atoms with Crippen molar-refractivity contribution in [3.05, 3.63) is 112 Å². The summed E-state index contributed by atoms with van der Waals surface area (Å²) in [5.41, 5.74) is 3.73. The molecule has 1 amide bonds. The molecule has 11 heteroatoms. The molecule has 1 saturated heterocycles. The number of pyridine rings is 1. The van der Waals surface area contributed by atoms with Crippen LogP contribution in [0.5, 0.6) is 0 Å². The summed E-state index contributed by atoms with van der Waals surface area (Å²) in [6, 6.07) is 20.8. The molecule has 9 nitrogen and oxygen atoms in total. The standard InChI is InChI=1S/C28H25ClN6O3S/c1-17(2)27(36)31-22-13-12-20(16-21(22)29)34-26(25(32-28(34)39)23-6-3-4-14-30-23)24-7-5-15-33(24)18-8-10-19(11-9-18)35(37)38/h3-17,25-26H,1-2H3,(H,31,36)(H,32,39)/t25-,26+/m0/s1. The highest BCUT2D eigenvalue weighted by molar-refractivity contribution is 7.80. The van der Waals surface area contributed by atoms with E-state index in [1.165, 1.54) is 12.1 Å². The van der Waals surface area contributed by atoms with Crippen LogP contribution in [-0.2, 0) is 4.79 Å². The number of aromatic nitrogens is 2. The van der Waals surface area contributed by atoms with Gasteiger partial charge in [-0.25, -0.2) is 0 Å². The maximum Gasteiger partial charge on any atom is 0.269 e. The molecule has 1 fully saturated rings. The first kappa shape index (κ1) is 26.3. The predicted octanol–water partition coefficient (Wildman–Crippen LogP) is 6.21. The monoisotopic (exact) mass is 560 g/mol. The van der Waals surface area contributed by atoms with E-state index in [0.717, 1.165) is 22.8 Å². The van der Waals surface area contributed by atoms with E-state index >= 15 is 0 Å². The lowest BCUT2D eigenvalue weighted by atomic mass is 10.0. The zero-order chi connectivity index (χ0) is 27.7. The van der Waals surface area contributed by atoms with Crippen LogP contribution in [-0.4, -0.2) is 25.5 Å². The molecule has 198 valence electrons. The van der Waals surface area contributed by atoms with Gasteiger partial charge in [0, 0.05) is 47.5 Å². The summed E-state index contributed by atoms with van der Waals surface area (Å²) in [4.78, 5) is 29.6. The second-order valence-corrected chi connectivity index (χ2v) is 10.2. The second-order valence-electron chi connectivity index (χ2n) is 9.38. The van der Waals surface area contributed by atoms with Crippen molar-refractivity contribution in [2.45, 2.75) is 25.9 Å². The first-order valence-corrected chi connectivity index (χ1v) is 13.1. The van der Waals surface area contributed by atoms with Gasteiger partial charge in [0.2, 0.25) is 5.91 Å². The summed E-state index contributed by atoms with van der Waals surface area (Å²) >= 11 is 12.4. The van der Waals surface area contributed by atoms with Crippen LogP contribution >= 0.6 is 23.8 Å². The number of non-ortho nitro benzene ring substituents is 1. The molecule has 0 bridgehead atoms. The van der Waals surface area contributed by atoms with Crippen LogP contribution in [0.1, 0.15) is 37.3 Å². The first-order chi connectivity index (χ1) is 18.7. The molecule has 0 radical (unpaired) electrons. The van der Waals surface area contributed by atoms with Crippen LogP contribution in [0.25, 0.3) is 5.69 Å². The van der Waals surface area contributed by atoms with E-state index in [0.29, 0.717) is 15.8 Å². The number of nitrogens with zero attached hydrogens (tertiary/aromatic N) is 4. The molecule has 3 heterocycles. The Labute approximate surface area is 235 Å². The molecule has 0 aliphatic carbocycles. The number of nitrogens with one attached hydrogen (secondary N) is 2. The second kappa shape index (κ2) is 10.8. The van der Waals surface area contributed by atoms with Crippen molar-refractivity contribution < 1.29 is 9.72 Å². The number of carbonyl (C=O) groups excluding carboxylic acids is 1. The summed E-state index contributed by atoms with van der Waals surface area (Å²) in [5.74, 6) is -0.316. The normalized spacial score (nSPS) is 16.8. The fraction of sp³-hybridized carbons (Fsp3) is 0.179. The summed E-state index contributed by atoms with van der Waals surface area (Å²) in [6.07, 6.45) is 3.64. The average Bonchev–Trinajstić information content (AvgIpc) is 3.54. The molecule has 1 aliphatic heterocycles. The van der Waals surface area contributed by atoms with Crippen LogP contribution in [0.4, 0.5) is 17.1 Å². The summed E-state index contributed by atoms with van der Waals surface area (Å²) in [7, 11) is 0. The minimum atomic E-state index is -0.421. The van der Waals surface area contributed by atoms with Crippen molar-refractivity contribution in [3.63, 3.8) is 0 Å². The van der Waals surface area contributed by atoms with Crippen molar-refractivity contribution in [1.29, 1.82) is 0 Å². The van der Waals surface area contributed by atoms with Gasteiger partial charge in [-0.3, -0.25) is 19.9 Å². The van der Waals surface area contributed by atoms with Crippen molar-refractivity contribution in [2.75, 3.05) is 10.2 Å². The number of amides is 1. The van der Waals surface area contributed by atoms with Gasteiger partial charge >= 0.3 is 0 Å². The molecular formula is C28H25ClN6O3S. The number of benzene rings is 2. The summed E-state index contributed by atoms with van der Waals surface area (Å²) < 4.78 is 1.98. The van der Waals surface area contributed by atoms with Gasteiger partial charge in [0.15, 0.2) is 5.11 Å². The number of rotatable bonds is 7. The maximum absolute atomic E-state index is 12.2. The summed E-state index contributed by atoms with van der Waals surface area (Å²) in [5, 5.41) is 18.3. The minimum absolute atomic E-state index is 0.0171. The van der Waals surface area contributed by atoms with Crippen LogP contribution in [0.3, 0.4) is 0 Å². The molecule has 2 aromatic carbocycles. The topological polar surface area (TPSA) is 105 Å². The molecule has 2 atom stereocenters. The van der Waals surface area contributed by atoms with Crippen LogP contribution in [0.15, 0.2) is 85.2 Å². The van der Waals surface area contributed by atoms with Crippen LogP contribution in [0.2, 0.25) is 5.02 Å². The van der Waals surface area contributed by atoms with Crippen molar-refractivity contribution >= 4 is 51.9 Å². The molecule has 2 aromatic heterocycles. The Hall–Kier alpha value is -4.28. The number of nitro benzene ring substituents is 1. The Morgan fingerprint density at radius 3 is 2.49 bits per heavy atom. The Bertz CT molecular complexity index is 1540. The lowest BCUT2D eigenvalue weighted by molar-refractivity contribution is -0.384. The molecule has 39 heavy (non-hydrogen) atoms. The van der Waals surface area contributed by atoms with Gasteiger partial charge in [0.25, 0.3) is 5.69 Å². The van der Waals surface area contributed by atoms with E-state index in [1.807, 2.05) is 65.9 Å². The predicted molar refractivity (Wildman–Crippen MR) is 155 cm³/mol. The minimum Gasteiger partial charge on any atom is -0.351 e. The van der Waals surface area contributed by atoms with Gasteiger partial charge in [-0.2, -0.15) is 0 Å². The van der Waals surface area contributed by atoms with Crippen LogP contribution in [0, 0.1) is 16.0 Å². The van der Waals surface area contributed by atoms with Crippen LogP contribution < -0.4 is 15.5 Å². The zero-order valence-corrected chi connectivity index (χ0v) is 22.7. The van der Waals surface area contributed by atoms with E-state index < -0.39 is 4.92 Å². The highest BCUT2D eigenvalue weighted by atomic mass is 35.5. The number of anilines is 2. The first-order valence-electron chi connectivity index (χ1n) is 12.3. The van der Waals surface area contributed by atoms with Gasteiger partial charge in [0.1, 0.15) is 6.04 Å². The Kier molecular flexibility index (Phi) is 7.32. The maximum atomic E-state index is 12.2. The number of hydrogen-bond donors (Lipinski definition) is 2. The number of thiocarbonyl (C=S) groups is 1. The van der Waals surface area contributed by atoms with Gasteiger partial charge in [-0.1, -0.05) is 31.5 Å². The average molecular weight is 561 g/mol. The Balaban J connectivity index is 1.59. The SMILES string of the molecule is CC(C)C(=O)Nc1ccc(N2C(=S)N[C@@H](c3ccccn3)[C@H]2c2cccn2-c2ccc([N+](=O)[O-])cc2)cc1Cl. The highest BCUT2D eigenvalue weighted by Gasteiger charge is 2.42. The van der Waals surface area contributed by atoms with E-state index in [-0.39, 0.29) is 29.6 Å². The zero-order valence-electron chi connectivity index (χ0n) is 21.1. The summed E-state index contributed by atoms with van der Waals surface area (Å²) in [6.45, 7) is 3.63. The van der Waals surface area contributed by atoms with E-state index in [2.05, 4.69) is 15.6 Å². The van der Waals surface area contributed by atoms with Gasteiger partial charge in [0.05, 0.1) is 27.4 Å². The fourth-order valence-corrected chi connectivity index (χ4v) is 5.14. The number of nitro groups is 1. The van der Waals surface area contributed by atoms with E-state index in [4.69, 9.17) is 23.8 Å². The highest BCUT2D eigenvalue weighted by Crippen LogP contribution is 2.43. The van der Waals surface area contributed by atoms with Gasteiger partial charge < -0.3 is 20.1 Å². The number of carbonyl (C=O) groups is 1. The third-order valence-corrected chi connectivity index (χ3v) is 7.16. The van der Waals surface area contributed by atoms with Crippen molar-refractivity contribution in [3.8, 4) is 5.69 Å². The lowest BCUT2D eigenvalue weighted by Crippen LogP contribution is -2.30. The largest absolute Gasteiger partial charge is 0.351 e. The Morgan fingerprint density at radius 1 is 1.10 bits per heavy atom. The molecule has 0 saturated carbocycles. The number of halogens is 1. The molecular weight excluding hydrogens is 536 g/mol. The molecule has 0 unspecified atom stereocenters. The molecule has 4 aromatic rings. The smallest absolute Gasteiger partial charge is 0.269 e.